The number of hydrogen-bond acceptors (Lipinski definition) is 8. The molecule has 0 amide bonds. The molecular weight excluding hydrogens is 378 g/mol. The van der Waals surface area contributed by atoms with Crippen LogP contribution in [0.2, 0.25) is 0 Å². The Balaban J connectivity index is 1.44. The lowest BCUT2D eigenvalue weighted by Gasteiger charge is -2.07. The van der Waals surface area contributed by atoms with Gasteiger partial charge >= 0.3 is 0 Å². The first-order chi connectivity index (χ1) is 13.8. The average Bonchev–Trinajstić information content (AvgIpc) is 3.42. The van der Waals surface area contributed by atoms with E-state index in [0.717, 1.165) is 22.6 Å². The Bertz CT molecular complexity index is 1060. The smallest absolute Gasteiger partial charge is 0.277 e. The summed E-state index contributed by atoms with van der Waals surface area (Å²) < 4.78 is 21.7. The van der Waals surface area contributed by atoms with Crippen LogP contribution in [-0.4, -0.2) is 29.6 Å². The van der Waals surface area contributed by atoms with Gasteiger partial charge in [0.25, 0.3) is 5.22 Å². The van der Waals surface area contributed by atoms with E-state index in [9.17, 15) is 0 Å². The number of nitrogens with zero attached hydrogens (tertiary/aromatic N) is 3. The molecule has 4 aromatic rings. The summed E-state index contributed by atoms with van der Waals surface area (Å²) in [5.74, 6) is 2.94. The second-order valence-corrected chi connectivity index (χ2v) is 6.71. The van der Waals surface area contributed by atoms with Gasteiger partial charge in [-0.2, -0.15) is 0 Å². The van der Waals surface area contributed by atoms with Gasteiger partial charge in [0.15, 0.2) is 17.3 Å². The molecular formula is C20H17N3O4S. The van der Waals surface area contributed by atoms with Crippen LogP contribution < -0.4 is 9.47 Å². The molecule has 2 heterocycles. The highest BCUT2D eigenvalue weighted by Gasteiger charge is 2.14. The molecule has 7 nitrogen and oxygen atoms in total. The minimum atomic E-state index is 0.411. The summed E-state index contributed by atoms with van der Waals surface area (Å²) in [7, 11) is 3.17. The Labute approximate surface area is 165 Å². The van der Waals surface area contributed by atoms with Crippen molar-refractivity contribution in [3.63, 3.8) is 0 Å². The molecule has 0 radical (unpaired) electrons. The van der Waals surface area contributed by atoms with Gasteiger partial charge in [-0.25, -0.2) is 0 Å². The summed E-state index contributed by atoms with van der Waals surface area (Å²) in [6.07, 6.45) is 0. The zero-order valence-electron chi connectivity index (χ0n) is 15.3. The second kappa shape index (κ2) is 8.18. The van der Waals surface area contributed by atoms with E-state index in [1.165, 1.54) is 11.8 Å². The van der Waals surface area contributed by atoms with Crippen molar-refractivity contribution >= 4 is 11.8 Å². The molecule has 0 saturated heterocycles. The third kappa shape index (κ3) is 3.86. The Morgan fingerprint density at radius 3 is 2.50 bits per heavy atom. The number of ether oxygens (including phenoxy) is 2. The number of methoxy groups -OCH3 is 2. The summed E-state index contributed by atoms with van der Waals surface area (Å²) in [5, 5.41) is 12.7. The largest absolute Gasteiger partial charge is 0.493 e. The first-order valence-electron chi connectivity index (χ1n) is 8.46. The van der Waals surface area contributed by atoms with Crippen molar-refractivity contribution in [1.82, 2.24) is 15.4 Å². The highest BCUT2D eigenvalue weighted by atomic mass is 32.2. The van der Waals surface area contributed by atoms with Gasteiger partial charge in [0, 0.05) is 22.9 Å². The van der Waals surface area contributed by atoms with Crippen molar-refractivity contribution in [2.45, 2.75) is 11.0 Å². The van der Waals surface area contributed by atoms with Crippen molar-refractivity contribution in [2.24, 2.45) is 0 Å². The van der Waals surface area contributed by atoms with Gasteiger partial charge in [0.2, 0.25) is 5.89 Å². The van der Waals surface area contributed by atoms with E-state index in [2.05, 4.69) is 15.4 Å². The van der Waals surface area contributed by atoms with Crippen LogP contribution in [0.25, 0.3) is 22.8 Å². The van der Waals surface area contributed by atoms with E-state index in [1.54, 1.807) is 26.4 Å². The van der Waals surface area contributed by atoms with Crippen LogP contribution in [0.15, 0.2) is 68.8 Å². The normalized spacial score (nSPS) is 10.8. The first kappa shape index (κ1) is 18.1. The Hall–Kier alpha value is -3.26. The highest BCUT2D eigenvalue weighted by Crippen LogP contribution is 2.33. The maximum absolute atomic E-state index is 5.74. The van der Waals surface area contributed by atoms with E-state index in [-0.39, 0.29) is 0 Å². The summed E-state index contributed by atoms with van der Waals surface area (Å²) in [5.41, 5.74) is 2.54. The summed E-state index contributed by atoms with van der Waals surface area (Å²) in [6, 6.07) is 17.2. The van der Waals surface area contributed by atoms with Gasteiger partial charge in [0.1, 0.15) is 0 Å². The van der Waals surface area contributed by atoms with Crippen LogP contribution >= 0.6 is 11.8 Å². The highest BCUT2D eigenvalue weighted by molar-refractivity contribution is 7.98. The zero-order chi connectivity index (χ0) is 19.3. The van der Waals surface area contributed by atoms with Crippen LogP contribution in [0.3, 0.4) is 0 Å². The van der Waals surface area contributed by atoms with Gasteiger partial charge in [0.05, 0.1) is 19.9 Å². The minimum absolute atomic E-state index is 0.411. The molecule has 142 valence electrons. The van der Waals surface area contributed by atoms with Crippen molar-refractivity contribution < 1.29 is 18.4 Å². The second-order valence-electron chi connectivity index (χ2n) is 5.78. The Morgan fingerprint density at radius 1 is 0.893 bits per heavy atom. The fraction of sp³-hybridized carbons (Fsp3) is 0.150. The quantitative estimate of drug-likeness (QED) is 0.416. The van der Waals surface area contributed by atoms with Crippen molar-refractivity contribution in [1.29, 1.82) is 0 Å². The number of hydrogen-bond donors (Lipinski definition) is 0. The Kier molecular flexibility index (Phi) is 5.29. The SMILES string of the molecule is COc1ccc(-c2nnc(SCc3cc(-c4ccccc4)on3)o2)cc1OC. The van der Waals surface area contributed by atoms with Crippen LogP contribution in [0.5, 0.6) is 11.5 Å². The van der Waals surface area contributed by atoms with E-state index >= 15 is 0 Å². The molecule has 2 aromatic carbocycles. The molecule has 0 aliphatic heterocycles. The third-order valence-electron chi connectivity index (χ3n) is 4.00. The molecule has 4 rings (SSSR count). The van der Waals surface area contributed by atoms with E-state index in [0.29, 0.717) is 28.4 Å². The maximum Gasteiger partial charge on any atom is 0.277 e. The van der Waals surface area contributed by atoms with E-state index < -0.39 is 0 Å². The maximum atomic E-state index is 5.74. The van der Waals surface area contributed by atoms with Gasteiger partial charge in [-0.15, -0.1) is 10.2 Å². The number of rotatable bonds is 7. The van der Waals surface area contributed by atoms with Crippen molar-refractivity contribution in [3.8, 4) is 34.3 Å². The molecule has 0 aliphatic rings. The molecule has 0 fully saturated rings. The standard InChI is InChI=1S/C20H17N3O4S/c1-24-16-9-8-14(10-18(16)25-2)19-21-22-20(26-19)28-12-15-11-17(27-23-15)13-6-4-3-5-7-13/h3-11H,12H2,1-2H3. The fourth-order valence-electron chi connectivity index (χ4n) is 2.61. The number of benzene rings is 2. The lowest BCUT2D eigenvalue weighted by Crippen LogP contribution is -1.90. The predicted octanol–water partition coefficient (Wildman–Crippen LogP) is 4.70. The molecule has 8 heteroatoms. The van der Waals surface area contributed by atoms with Gasteiger partial charge in [-0.3, -0.25) is 0 Å². The molecule has 0 N–H and O–H groups in total. The van der Waals surface area contributed by atoms with Crippen molar-refractivity contribution in [3.05, 3.63) is 60.3 Å². The van der Waals surface area contributed by atoms with Crippen LogP contribution in [0, 0.1) is 0 Å². The molecule has 0 unspecified atom stereocenters. The van der Waals surface area contributed by atoms with Crippen LogP contribution in [0.4, 0.5) is 0 Å². The predicted molar refractivity (Wildman–Crippen MR) is 104 cm³/mol. The molecule has 0 aliphatic carbocycles. The minimum Gasteiger partial charge on any atom is -0.493 e. The monoisotopic (exact) mass is 395 g/mol. The first-order valence-corrected chi connectivity index (χ1v) is 9.45. The lowest BCUT2D eigenvalue weighted by atomic mass is 10.2. The van der Waals surface area contributed by atoms with Crippen LogP contribution in [-0.2, 0) is 5.75 Å². The van der Waals surface area contributed by atoms with Gasteiger partial charge < -0.3 is 18.4 Å². The van der Waals surface area contributed by atoms with E-state index in [4.69, 9.17) is 18.4 Å². The summed E-state index contributed by atoms with van der Waals surface area (Å²) in [4.78, 5) is 0. The molecule has 0 bridgehead atoms. The van der Waals surface area contributed by atoms with Gasteiger partial charge in [-0.05, 0) is 18.2 Å². The molecule has 0 atom stereocenters. The number of thioether (sulfide) groups is 1. The summed E-state index contributed by atoms with van der Waals surface area (Å²) in [6.45, 7) is 0. The zero-order valence-corrected chi connectivity index (χ0v) is 16.1. The van der Waals surface area contributed by atoms with Gasteiger partial charge in [-0.1, -0.05) is 47.3 Å². The third-order valence-corrected chi connectivity index (χ3v) is 4.85. The summed E-state index contributed by atoms with van der Waals surface area (Å²) >= 11 is 1.40. The topological polar surface area (TPSA) is 83.4 Å². The average molecular weight is 395 g/mol. The number of aromatic nitrogens is 3. The van der Waals surface area contributed by atoms with Crippen LogP contribution in [0.1, 0.15) is 5.69 Å². The van der Waals surface area contributed by atoms with Crippen molar-refractivity contribution in [2.75, 3.05) is 14.2 Å². The Morgan fingerprint density at radius 2 is 1.71 bits per heavy atom. The molecule has 2 aromatic heterocycles. The molecule has 0 saturated carbocycles. The lowest BCUT2D eigenvalue weighted by molar-refractivity contribution is 0.355. The fourth-order valence-corrected chi connectivity index (χ4v) is 3.25. The van der Waals surface area contributed by atoms with E-state index in [1.807, 2.05) is 42.5 Å². The molecule has 0 spiro atoms. The molecule has 28 heavy (non-hydrogen) atoms.